The second-order valence-corrected chi connectivity index (χ2v) is 6.86. The van der Waals surface area contributed by atoms with Gasteiger partial charge in [-0.05, 0) is 6.92 Å². The Morgan fingerprint density at radius 3 is 1.30 bits per heavy atom. The zero-order chi connectivity index (χ0) is 19.0. The summed E-state index contributed by atoms with van der Waals surface area (Å²) in [5.41, 5.74) is 0. The molecule has 3 fully saturated rings. The van der Waals surface area contributed by atoms with Crippen LogP contribution in [0.5, 0.6) is 0 Å². The monoisotopic (exact) mass is 390 g/mol. The number of nitrogens with zero attached hydrogens (tertiary/aromatic N) is 2. The lowest BCUT2D eigenvalue weighted by Gasteiger charge is -2.29. The molecular formula is C19H38N2O6. The molecule has 0 aliphatic carbocycles. The average molecular weight is 391 g/mol. The zero-order valence-electron chi connectivity index (χ0n) is 16.9. The number of hydrogen-bond acceptors (Lipinski definition) is 8. The van der Waals surface area contributed by atoms with Gasteiger partial charge in [0.1, 0.15) is 0 Å². The van der Waals surface area contributed by atoms with E-state index in [1.165, 1.54) is 0 Å². The van der Waals surface area contributed by atoms with Crippen LogP contribution in [0, 0.1) is 0 Å². The highest BCUT2D eigenvalue weighted by Crippen LogP contribution is 2.02. The average Bonchev–Trinajstić information content (AvgIpc) is 2.67. The first-order valence-electron chi connectivity index (χ1n) is 10.3. The summed E-state index contributed by atoms with van der Waals surface area (Å²) in [6.07, 6.45) is 0. The first-order valence-corrected chi connectivity index (χ1v) is 10.3. The van der Waals surface area contributed by atoms with Crippen LogP contribution in [-0.2, 0) is 28.4 Å². The van der Waals surface area contributed by atoms with Crippen molar-refractivity contribution in [3.8, 4) is 0 Å². The number of ether oxygens (including phenoxy) is 6. The van der Waals surface area contributed by atoms with Crippen LogP contribution in [0.3, 0.4) is 0 Å². The maximum atomic E-state index is 5.81. The van der Waals surface area contributed by atoms with Crippen molar-refractivity contribution in [3.05, 3.63) is 0 Å². The van der Waals surface area contributed by atoms with Crippen molar-refractivity contribution < 1.29 is 28.4 Å². The molecule has 27 heavy (non-hydrogen) atoms. The molecule has 0 aromatic carbocycles. The van der Waals surface area contributed by atoms with E-state index in [0.29, 0.717) is 85.3 Å². The van der Waals surface area contributed by atoms with Gasteiger partial charge >= 0.3 is 0 Å². The summed E-state index contributed by atoms with van der Waals surface area (Å²) >= 11 is 0. The van der Waals surface area contributed by atoms with E-state index in [2.05, 4.69) is 16.7 Å². The Hall–Kier alpha value is -0.320. The predicted molar refractivity (Wildman–Crippen MR) is 102 cm³/mol. The summed E-state index contributed by atoms with van der Waals surface area (Å²) in [7, 11) is 0. The van der Waals surface area contributed by atoms with E-state index in [4.69, 9.17) is 28.4 Å². The third kappa shape index (κ3) is 11.3. The fourth-order valence-electron chi connectivity index (χ4n) is 3.06. The summed E-state index contributed by atoms with van der Waals surface area (Å²) in [5.74, 6) is 0. The largest absolute Gasteiger partial charge is 0.378 e. The minimum absolute atomic E-state index is 0.304. The highest BCUT2D eigenvalue weighted by atomic mass is 16.5. The van der Waals surface area contributed by atoms with Crippen LogP contribution < -0.4 is 0 Å². The van der Waals surface area contributed by atoms with Gasteiger partial charge in [0.2, 0.25) is 0 Å². The van der Waals surface area contributed by atoms with Gasteiger partial charge in [0.05, 0.1) is 79.3 Å². The van der Waals surface area contributed by atoms with Crippen LogP contribution in [0.25, 0.3) is 0 Å². The molecule has 3 aliphatic heterocycles. The van der Waals surface area contributed by atoms with E-state index < -0.39 is 0 Å². The van der Waals surface area contributed by atoms with Crippen LogP contribution in [0.1, 0.15) is 6.92 Å². The van der Waals surface area contributed by atoms with Crippen LogP contribution in [0.2, 0.25) is 0 Å². The molecule has 2 bridgehead atoms. The lowest BCUT2D eigenvalue weighted by Crippen LogP contribution is -2.41. The Balaban J connectivity index is 1.92. The zero-order valence-corrected chi connectivity index (χ0v) is 16.9. The first kappa shape index (κ1) is 23.0. The van der Waals surface area contributed by atoms with Gasteiger partial charge in [-0.3, -0.25) is 9.80 Å². The molecular weight excluding hydrogens is 352 g/mol. The third-order valence-electron chi connectivity index (χ3n) is 4.80. The molecule has 8 nitrogen and oxygen atoms in total. The molecule has 8 heteroatoms. The summed E-state index contributed by atoms with van der Waals surface area (Å²) in [4.78, 5) is 4.67. The Labute approximate surface area is 163 Å². The SMILES string of the molecule is CC1COCCOCCN2CCOCCOCCN1CCOCCOCC2. The van der Waals surface area contributed by atoms with Crippen molar-refractivity contribution in [2.24, 2.45) is 0 Å². The molecule has 3 rings (SSSR count). The first-order chi connectivity index (χ1) is 13.4. The van der Waals surface area contributed by atoms with E-state index in [-0.39, 0.29) is 0 Å². The fourth-order valence-corrected chi connectivity index (χ4v) is 3.06. The van der Waals surface area contributed by atoms with E-state index in [1.807, 2.05) is 0 Å². The maximum Gasteiger partial charge on any atom is 0.0701 e. The van der Waals surface area contributed by atoms with Gasteiger partial charge in [-0.25, -0.2) is 0 Å². The van der Waals surface area contributed by atoms with Crippen molar-refractivity contribution >= 4 is 0 Å². The van der Waals surface area contributed by atoms with E-state index in [0.717, 1.165) is 32.7 Å². The van der Waals surface area contributed by atoms with Crippen LogP contribution in [-0.4, -0.2) is 128 Å². The molecule has 3 heterocycles. The van der Waals surface area contributed by atoms with Crippen LogP contribution >= 0.6 is 0 Å². The topological polar surface area (TPSA) is 61.9 Å². The van der Waals surface area contributed by atoms with Crippen molar-refractivity contribution in [2.45, 2.75) is 13.0 Å². The Bertz CT molecular complexity index is 324. The summed E-state index contributed by atoms with van der Waals surface area (Å²) in [5, 5.41) is 0. The van der Waals surface area contributed by atoms with Gasteiger partial charge in [-0.15, -0.1) is 0 Å². The van der Waals surface area contributed by atoms with Crippen molar-refractivity contribution in [1.29, 1.82) is 0 Å². The molecule has 0 aromatic heterocycles. The molecule has 3 aliphatic rings. The lowest BCUT2D eigenvalue weighted by molar-refractivity contribution is -0.0214. The second-order valence-electron chi connectivity index (χ2n) is 6.86. The van der Waals surface area contributed by atoms with Crippen LogP contribution in [0.4, 0.5) is 0 Å². The molecule has 1 atom stereocenters. The molecule has 3 saturated heterocycles. The molecule has 0 N–H and O–H groups in total. The summed E-state index contributed by atoms with van der Waals surface area (Å²) < 4.78 is 34.5. The van der Waals surface area contributed by atoms with Gasteiger partial charge in [0.25, 0.3) is 0 Å². The molecule has 0 saturated carbocycles. The normalized spacial score (nSPS) is 32.6. The van der Waals surface area contributed by atoms with E-state index >= 15 is 0 Å². The molecule has 0 amide bonds. The Morgan fingerprint density at radius 1 is 0.481 bits per heavy atom. The van der Waals surface area contributed by atoms with Crippen LogP contribution in [0.15, 0.2) is 0 Å². The van der Waals surface area contributed by atoms with E-state index in [1.54, 1.807) is 0 Å². The Kier molecular flexibility index (Phi) is 13.3. The standard InChI is InChI=1S/C19H38N2O6/c1-19-18-27-17-16-24-9-4-20-2-7-22-12-14-25-10-5-21(19)6-11-26-15-13-23-8-3-20/h19H,2-18H2,1H3. The van der Waals surface area contributed by atoms with Crippen molar-refractivity contribution in [3.63, 3.8) is 0 Å². The number of rotatable bonds is 0. The summed E-state index contributed by atoms with van der Waals surface area (Å²) in [6.45, 7) is 14.4. The number of fused-ring (bicyclic) bond motifs is 21. The highest BCUT2D eigenvalue weighted by molar-refractivity contribution is 4.67. The minimum atomic E-state index is 0.304. The smallest absolute Gasteiger partial charge is 0.0701 e. The van der Waals surface area contributed by atoms with Gasteiger partial charge in [0.15, 0.2) is 0 Å². The van der Waals surface area contributed by atoms with Gasteiger partial charge in [-0.2, -0.15) is 0 Å². The minimum Gasteiger partial charge on any atom is -0.378 e. The predicted octanol–water partition coefficient (Wildman–Crippen LogP) is 0.106. The van der Waals surface area contributed by atoms with Gasteiger partial charge in [0, 0.05) is 38.8 Å². The number of hydrogen-bond donors (Lipinski definition) is 0. The highest BCUT2D eigenvalue weighted by Gasteiger charge is 2.14. The van der Waals surface area contributed by atoms with Gasteiger partial charge in [-0.1, -0.05) is 0 Å². The Morgan fingerprint density at radius 2 is 0.852 bits per heavy atom. The lowest BCUT2D eigenvalue weighted by atomic mass is 10.3. The fraction of sp³-hybridized carbons (Fsp3) is 1.00. The molecule has 1 unspecified atom stereocenters. The van der Waals surface area contributed by atoms with Crippen molar-refractivity contribution in [1.82, 2.24) is 9.80 Å². The quantitative estimate of drug-likeness (QED) is 0.578. The molecule has 0 spiro atoms. The second kappa shape index (κ2) is 15.6. The van der Waals surface area contributed by atoms with E-state index in [9.17, 15) is 0 Å². The summed E-state index contributed by atoms with van der Waals surface area (Å²) in [6, 6.07) is 0.304. The van der Waals surface area contributed by atoms with Gasteiger partial charge < -0.3 is 28.4 Å². The maximum absolute atomic E-state index is 5.81. The van der Waals surface area contributed by atoms with Crippen molar-refractivity contribution in [2.75, 3.05) is 112 Å². The third-order valence-corrected chi connectivity index (χ3v) is 4.80. The molecule has 160 valence electrons. The molecule has 0 radical (unpaired) electrons. The molecule has 0 aromatic rings.